The summed E-state index contributed by atoms with van der Waals surface area (Å²) in [6.45, 7) is 1.10. The first-order valence-electron chi connectivity index (χ1n) is 7.89. The number of ether oxygens (including phenoxy) is 1. The Morgan fingerprint density at radius 1 is 1.09 bits per heavy atom. The van der Waals surface area contributed by atoms with E-state index in [1.54, 1.807) is 0 Å². The van der Waals surface area contributed by atoms with Gasteiger partial charge < -0.3 is 15.8 Å². The molecule has 2 aliphatic rings. The Bertz CT molecular complexity index is 738. The molecule has 114 valence electrons. The van der Waals surface area contributed by atoms with Crippen LogP contribution in [0.5, 0.6) is 0 Å². The van der Waals surface area contributed by atoms with Crippen LogP contribution in [0.25, 0.3) is 10.8 Å². The Morgan fingerprint density at radius 3 is 2.59 bits per heavy atom. The quantitative estimate of drug-likeness (QED) is 0.894. The molecule has 0 bridgehead atoms. The topological polar surface area (TPSA) is 64.4 Å². The number of nitrogens with one attached hydrogen (secondary N) is 1. The summed E-state index contributed by atoms with van der Waals surface area (Å²) in [5, 5.41) is 5.48. The molecule has 0 aromatic heterocycles. The third-order valence-corrected chi connectivity index (χ3v) is 4.96. The number of rotatable bonds is 2. The fourth-order valence-corrected chi connectivity index (χ4v) is 3.57. The highest BCUT2D eigenvalue weighted by Crippen LogP contribution is 2.35. The van der Waals surface area contributed by atoms with Crippen LogP contribution in [0.3, 0.4) is 0 Å². The van der Waals surface area contributed by atoms with Gasteiger partial charge in [-0.05, 0) is 48.3 Å². The molecule has 4 nitrogen and oxygen atoms in total. The Labute approximate surface area is 129 Å². The molecule has 0 spiro atoms. The zero-order valence-electron chi connectivity index (χ0n) is 12.5. The molecule has 1 aliphatic heterocycles. The van der Waals surface area contributed by atoms with Gasteiger partial charge in [0, 0.05) is 24.3 Å². The van der Waals surface area contributed by atoms with Crippen LogP contribution in [0.15, 0.2) is 30.3 Å². The van der Waals surface area contributed by atoms with Crippen LogP contribution in [-0.2, 0) is 22.4 Å². The van der Waals surface area contributed by atoms with Crippen molar-refractivity contribution in [2.45, 2.75) is 31.2 Å². The van der Waals surface area contributed by atoms with Crippen molar-refractivity contribution in [3.63, 3.8) is 0 Å². The molecule has 0 radical (unpaired) electrons. The maximum atomic E-state index is 12.6. The van der Waals surface area contributed by atoms with E-state index < -0.39 is 5.54 Å². The molecule has 0 atom stereocenters. The van der Waals surface area contributed by atoms with Crippen LogP contribution in [0.2, 0.25) is 0 Å². The maximum Gasteiger partial charge on any atom is 0.244 e. The molecule has 1 saturated heterocycles. The van der Waals surface area contributed by atoms with Gasteiger partial charge in [-0.2, -0.15) is 0 Å². The lowest BCUT2D eigenvalue weighted by Gasteiger charge is -2.32. The van der Waals surface area contributed by atoms with Gasteiger partial charge in [-0.25, -0.2) is 0 Å². The molecule has 22 heavy (non-hydrogen) atoms. The van der Waals surface area contributed by atoms with Crippen molar-refractivity contribution in [3.8, 4) is 0 Å². The van der Waals surface area contributed by atoms with Gasteiger partial charge >= 0.3 is 0 Å². The first kappa shape index (κ1) is 13.7. The Hall–Kier alpha value is -1.91. The third kappa shape index (κ3) is 2.11. The van der Waals surface area contributed by atoms with Crippen molar-refractivity contribution in [2.24, 2.45) is 5.73 Å². The second kappa shape index (κ2) is 5.07. The summed E-state index contributed by atoms with van der Waals surface area (Å²) in [4.78, 5) is 12.6. The van der Waals surface area contributed by atoms with E-state index >= 15 is 0 Å². The molecular formula is C18H20N2O2. The van der Waals surface area contributed by atoms with E-state index in [4.69, 9.17) is 10.5 Å². The monoisotopic (exact) mass is 296 g/mol. The average molecular weight is 296 g/mol. The smallest absolute Gasteiger partial charge is 0.244 e. The number of aryl methyl sites for hydroxylation is 2. The van der Waals surface area contributed by atoms with Crippen molar-refractivity contribution >= 4 is 22.4 Å². The average Bonchev–Trinajstić information content (AvgIpc) is 2.96. The van der Waals surface area contributed by atoms with Gasteiger partial charge in [0.1, 0.15) is 5.54 Å². The van der Waals surface area contributed by atoms with Gasteiger partial charge in [-0.1, -0.05) is 24.3 Å². The number of benzene rings is 2. The van der Waals surface area contributed by atoms with Gasteiger partial charge in [0.15, 0.2) is 0 Å². The zero-order valence-corrected chi connectivity index (χ0v) is 12.5. The Balaban J connectivity index is 1.69. The molecule has 1 fully saturated rings. The van der Waals surface area contributed by atoms with Crippen LogP contribution in [-0.4, -0.2) is 24.7 Å². The summed E-state index contributed by atoms with van der Waals surface area (Å²) in [7, 11) is 0. The van der Waals surface area contributed by atoms with Gasteiger partial charge in [-0.15, -0.1) is 0 Å². The number of amides is 1. The highest BCUT2D eigenvalue weighted by molar-refractivity contribution is 6.07. The fourth-order valence-electron chi connectivity index (χ4n) is 3.57. The number of carbonyl (C=O) groups excluding carboxylic acids is 1. The first-order valence-corrected chi connectivity index (χ1v) is 7.89. The number of hydrogen-bond donors (Lipinski definition) is 2. The van der Waals surface area contributed by atoms with E-state index in [0.717, 1.165) is 23.9 Å². The first-order chi connectivity index (χ1) is 10.7. The zero-order chi connectivity index (χ0) is 15.2. The van der Waals surface area contributed by atoms with Crippen LogP contribution < -0.4 is 11.1 Å². The lowest BCUT2D eigenvalue weighted by molar-refractivity contribution is -0.124. The van der Waals surface area contributed by atoms with Crippen LogP contribution in [0.1, 0.15) is 24.0 Å². The molecule has 2 aromatic carbocycles. The summed E-state index contributed by atoms with van der Waals surface area (Å²) in [6, 6.07) is 10.5. The molecular weight excluding hydrogens is 276 g/mol. The molecule has 1 amide bonds. The van der Waals surface area contributed by atoms with E-state index in [-0.39, 0.29) is 5.91 Å². The molecule has 4 heteroatoms. The minimum atomic E-state index is -0.818. The molecule has 1 heterocycles. The summed E-state index contributed by atoms with van der Waals surface area (Å²) in [5.41, 5.74) is 9.07. The second-order valence-corrected chi connectivity index (χ2v) is 6.33. The van der Waals surface area contributed by atoms with Gasteiger partial charge in [0.05, 0.1) is 0 Å². The normalized spacial score (nSPS) is 19.3. The van der Waals surface area contributed by atoms with Gasteiger partial charge in [-0.3, -0.25) is 4.79 Å². The van der Waals surface area contributed by atoms with E-state index in [1.165, 1.54) is 16.5 Å². The van der Waals surface area contributed by atoms with E-state index in [9.17, 15) is 4.79 Å². The minimum absolute atomic E-state index is 0.102. The van der Waals surface area contributed by atoms with Crippen LogP contribution in [0, 0.1) is 0 Å². The standard InChI is InChI=1S/C18H20N2O2/c19-18(8-10-22-11-9-18)17(21)20-15-7-6-13-5-4-12-2-1-3-14(15)16(12)13/h1-3,6-7H,4-5,8-11,19H2,(H,20,21). The SMILES string of the molecule is NC1(C(=O)Nc2ccc3c4c(cccc24)CC3)CCOCC1. The summed E-state index contributed by atoms with van der Waals surface area (Å²) in [6.07, 6.45) is 3.31. The van der Waals surface area contributed by atoms with Gasteiger partial charge in [0.25, 0.3) is 0 Å². The predicted molar refractivity (Wildman–Crippen MR) is 87.0 cm³/mol. The highest BCUT2D eigenvalue weighted by Gasteiger charge is 2.36. The van der Waals surface area contributed by atoms with Crippen LogP contribution in [0.4, 0.5) is 5.69 Å². The second-order valence-electron chi connectivity index (χ2n) is 6.33. The lowest BCUT2D eigenvalue weighted by Crippen LogP contribution is -2.54. The van der Waals surface area contributed by atoms with Crippen molar-refractivity contribution in [2.75, 3.05) is 18.5 Å². The predicted octanol–water partition coefficient (Wildman–Crippen LogP) is 2.38. The maximum absolute atomic E-state index is 12.6. The van der Waals surface area contributed by atoms with Crippen LogP contribution >= 0.6 is 0 Å². The molecule has 0 saturated carbocycles. The Kier molecular flexibility index (Phi) is 3.17. The summed E-state index contributed by atoms with van der Waals surface area (Å²) < 4.78 is 5.32. The van der Waals surface area contributed by atoms with Gasteiger partial charge in [0.2, 0.25) is 5.91 Å². The highest BCUT2D eigenvalue weighted by atomic mass is 16.5. The lowest BCUT2D eigenvalue weighted by atomic mass is 9.90. The summed E-state index contributed by atoms with van der Waals surface area (Å²) in [5.74, 6) is -0.102. The van der Waals surface area contributed by atoms with Crippen molar-refractivity contribution < 1.29 is 9.53 Å². The number of nitrogens with two attached hydrogens (primary N) is 1. The number of anilines is 1. The number of carbonyl (C=O) groups is 1. The molecule has 1 aliphatic carbocycles. The summed E-state index contributed by atoms with van der Waals surface area (Å²) >= 11 is 0. The fraction of sp³-hybridized carbons (Fsp3) is 0.389. The largest absolute Gasteiger partial charge is 0.381 e. The molecule has 4 rings (SSSR count). The van der Waals surface area contributed by atoms with E-state index in [2.05, 4.69) is 29.6 Å². The molecule has 2 aromatic rings. The molecule has 0 unspecified atom stereocenters. The molecule has 3 N–H and O–H groups in total. The minimum Gasteiger partial charge on any atom is -0.381 e. The van der Waals surface area contributed by atoms with E-state index in [1.807, 2.05) is 6.07 Å². The van der Waals surface area contributed by atoms with E-state index in [0.29, 0.717) is 26.1 Å². The third-order valence-electron chi connectivity index (χ3n) is 4.96. The van der Waals surface area contributed by atoms with Crippen molar-refractivity contribution in [3.05, 3.63) is 41.5 Å². The number of hydrogen-bond acceptors (Lipinski definition) is 3. The van der Waals surface area contributed by atoms with Crippen molar-refractivity contribution in [1.29, 1.82) is 0 Å². The Morgan fingerprint density at radius 2 is 1.82 bits per heavy atom. The van der Waals surface area contributed by atoms with Crippen molar-refractivity contribution in [1.82, 2.24) is 0 Å².